The van der Waals surface area contributed by atoms with Gasteiger partial charge in [-0.3, -0.25) is 5.21 Å². The van der Waals surface area contributed by atoms with E-state index in [0.29, 0.717) is 0 Å². The van der Waals surface area contributed by atoms with Gasteiger partial charge in [0.05, 0.1) is 5.02 Å². The first-order valence-electron chi connectivity index (χ1n) is 4.08. The van der Waals surface area contributed by atoms with Crippen molar-refractivity contribution in [3.05, 3.63) is 44.7 Å². The van der Waals surface area contributed by atoms with Gasteiger partial charge in [-0.25, -0.2) is 9.18 Å². The third-order valence-electron chi connectivity index (χ3n) is 1.97. The van der Waals surface area contributed by atoms with Crippen molar-refractivity contribution in [1.29, 1.82) is 0 Å². The molecule has 0 radical (unpaired) electrons. The lowest BCUT2D eigenvalue weighted by Crippen LogP contribution is -2.17. The highest BCUT2D eigenvalue weighted by atomic mass is 35.5. The summed E-state index contributed by atoms with van der Waals surface area (Å²) in [4.78, 5) is 11.2. The number of hydrogen-bond donors (Lipinski definition) is 1. The van der Waals surface area contributed by atoms with Gasteiger partial charge in [0, 0.05) is 5.39 Å². The minimum atomic E-state index is -1.10. The average Bonchev–Trinajstić information content (AvgIpc) is 2.19. The zero-order chi connectivity index (χ0) is 11.9. The van der Waals surface area contributed by atoms with E-state index in [4.69, 9.17) is 16.8 Å². The highest BCUT2D eigenvalue weighted by Gasteiger charge is 2.14. The first-order chi connectivity index (χ1) is 7.50. The van der Waals surface area contributed by atoms with Gasteiger partial charge in [-0.1, -0.05) is 11.6 Å². The van der Waals surface area contributed by atoms with Gasteiger partial charge in [0.1, 0.15) is 11.4 Å². The molecule has 84 valence electrons. The summed E-state index contributed by atoms with van der Waals surface area (Å²) in [5.74, 6) is -0.607. The van der Waals surface area contributed by atoms with Crippen molar-refractivity contribution < 1.29 is 14.0 Å². The fraction of sp³-hybridized carbons (Fsp3) is 0. The smallest absolute Gasteiger partial charge is 0.363 e. The molecule has 5 nitrogen and oxygen atoms in total. The van der Waals surface area contributed by atoms with Crippen LogP contribution in [0, 0.1) is 11.0 Å². The number of nitrogens with zero attached hydrogens (tertiary/aromatic N) is 1. The van der Waals surface area contributed by atoms with Crippen LogP contribution in [0.4, 0.5) is 10.1 Å². The second-order valence-electron chi connectivity index (χ2n) is 2.97. The number of benzene rings is 1. The van der Waals surface area contributed by atoms with Crippen LogP contribution in [0.3, 0.4) is 0 Å². The summed E-state index contributed by atoms with van der Waals surface area (Å²) in [5.41, 5.74) is -1.84. The fourth-order valence-corrected chi connectivity index (χ4v) is 1.59. The van der Waals surface area contributed by atoms with E-state index >= 15 is 0 Å². The summed E-state index contributed by atoms with van der Waals surface area (Å²) >= 11 is 5.69. The van der Waals surface area contributed by atoms with Gasteiger partial charge in [-0.05, 0) is 18.2 Å². The number of anilines is 1. The first kappa shape index (κ1) is 10.9. The van der Waals surface area contributed by atoms with Gasteiger partial charge in [-0.2, -0.15) is 0 Å². The van der Waals surface area contributed by atoms with Gasteiger partial charge >= 0.3 is 5.63 Å². The maximum atomic E-state index is 12.9. The molecule has 0 fully saturated rings. The molecular weight excluding hydrogens is 241 g/mol. The van der Waals surface area contributed by atoms with Crippen LogP contribution in [0.15, 0.2) is 27.4 Å². The zero-order valence-electron chi connectivity index (χ0n) is 7.61. The summed E-state index contributed by atoms with van der Waals surface area (Å²) in [7, 11) is 0. The number of hydrogen-bond acceptors (Lipinski definition) is 5. The van der Waals surface area contributed by atoms with Crippen LogP contribution in [0.2, 0.25) is 5.02 Å². The Kier molecular flexibility index (Phi) is 2.55. The van der Waals surface area contributed by atoms with Crippen LogP contribution >= 0.6 is 11.6 Å². The molecule has 1 heterocycles. The van der Waals surface area contributed by atoms with Crippen LogP contribution in [-0.2, 0) is 0 Å². The monoisotopic (exact) mass is 244 g/mol. The second kappa shape index (κ2) is 3.75. The summed E-state index contributed by atoms with van der Waals surface area (Å²) < 4.78 is 17.6. The molecule has 1 aromatic heterocycles. The Morgan fingerprint density at radius 3 is 2.81 bits per heavy atom. The number of halogens is 2. The zero-order valence-corrected chi connectivity index (χ0v) is 8.36. The van der Waals surface area contributed by atoms with Crippen molar-refractivity contribution in [3.8, 4) is 0 Å². The molecule has 16 heavy (non-hydrogen) atoms. The number of fused-ring (bicyclic) bond motifs is 1. The molecule has 2 aromatic rings. The van der Waals surface area contributed by atoms with Crippen molar-refractivity contribution >= 4 is 28.3 Å². The Bertz CT molecular complexity index is 610. The standard InChI is InChI=1S/C9H4ClFNO4/c10-7-5-3-4(11)1-2-6(5)16-9(13)8(7)12(14)15/h1-3,14H/q-1. The molecule has 0 spiro atoms. The third-order valence-corrected chi connectivity index (χ3v) is 2.36. The SMILES string of the molecule is O=c1oc2ccc(F)cc2c(Cl)c1N([O-])O. The van der Waals surface area contributed by atoms with Crippen LogP contribution in [0.5, 0.6) is 0 Å². The first-order valence-corrected chi connectivity index (χ1v) is 4.46. The summed E-state index contributed by atoms with van der Waals surface area (Å²) in [6, 6.07) is 3.27. The van der Waals surface area contributed by atoms with Crippen LogP contribution in [0.25, 0.3) is 11.0 Å². The van der Waals surface area contributed by atoms with Crippen molar-refractivity contribution in [2.75, 3.05) is 5.23 Å². The Hall–Kier alpha value is -1.63. The average molecular weight is 245 g/mol. The Labute approximate surface area is 92.8 Å². The summed E-state index contributed by atoms with van der Waals surface area (Å²) in [6.45, 7) is 0. The quantitative estimate of drug-likeness (QED) is 0.615. The molecule has 0 aliphatic rings. The highest BCUT2D eigenvalue weighted by Crippen LogP contribution is 2.29. The number of rotatable bonds is 1. The predicted octanol–water partition coefficient (Wildman–Crippen LogP) is 2.28. The molecule has 0 aliphatic heterocycles. The lowest BCUT2D eigenvalue weighted by Gasteiger charge is -2.21. The molecule has 1 N–H and O–H groups in total. The molecule has 2 rings (SSSR count). The van der Waals surface area contributed by atoms with Crippen LogP contribution in [-0.4, -0.2) is 5.21 Å². The maximum Gasteiger partial charge on any atom is 0.363 e. The molecule has 0 atom stereocenters. The van der Waals surface area contributed by atoms with E-state index in [9.17, 15) is 14.4 Å². The van der Waals surface area contributed by atoms with E-state index in [2.05, 4.69) is 4.42 Å². The second-order valence-corrected chi connectivity index (χ2v) is 3.34. The van der Waals surface area contributed by atoms with E-state index < -0.39 is 22.4 Å². The van der Waals surface area contributed by atoms with E-state index in [-0.39, 0.29) is 16.0 Å². The lowest BCUT2D eigenvalue weighted by atomic mass is 10.2. The van der Waals surface area contributed by atoms with Gasteiger partial charge in [0.15, 0.2) is 5.69 Å². The topological polar surface area (TPSA) is 76.7 Å². The molecule has 0 unspecified atom stereocenters. The van der Waals surface area contributed by atoms with Gasteiger partial charge in [-0.15, -0.1) is 0 Å². The van der Waals surface area contributed by atoms with Crippen molar-refractivity contribution in [3.63, 3.8) is 0 Å². The molecular formula is C9H4ClFNO4-. The van der Waals surface area contributed by atoms with Crippen molar-refractivity contribution in [2.24, 2.45) is 0 Å². The molecule has 0 amide bonds. The summed E-state index contributed by atoms with van der Waals surface area (Å²) in [5, 5.41) is 18.3. The largest absolute Gasteiger partial charge is 0.733 e. The molecule has 0 bridgehead atoms. The molecule has 7 heteroatoms. The Morgan fingerprint density at radius 2 is 2.19 bits per heavy atom. The van der Waals surface area contributed by atoms with Gasteiger partial charge in [0.2, 0.25) is 0 Å². The minimum absolute atomic E-state index is 0.0296. The van der Waals surface area contributed by atoms with Gasteiger partial charge in [0.25, 0.3) is 0 Å². The maximum absolute atomic E-state index is 12.9. The Morgan fingerprint density at radius 1 is 1.50 bits per heavy atom. The van der Waals surface area contributed by atoms with E-state index in [1.165, 1.54) is 6.07 Å². The van der Waals surface area contributed by atoms with Gasteiger partial charge < -0.3 is 14.9 Å². The lowest BCUT2D eigenvalue weighted by molar-refractivity contribution is 0.292. The highest BCUT2D eigenvalue weighted by molar-refractivity contribution is 6.37. The molecule has 1 aromatic carbocycles. The van der Waals surface area contributed by atoms with Crippen LogP contribution < -0.4 is 10.9 Å². The molecule has 0 aliphatic carbocycles. The van der Waals surface area contributed by atoms with Crippen molar-refractivity contribution in [2.45, 2.75) is 0 Å². The van der Waals surface area contributed by atoms with Crippen molar-refractivity contribution in [1.82, 2.24) is 0 Å². The minimum Gasteiger partial charge on any atom is -0.733 e. The fourth-order valence-electron chi connectivity index (χ4n) is 1.29. The van der Waals surface area contributed by atoms with E-state index in [1.54, 1.807) is 0 Å². The Balaban J connectivity index is 2.91. The van der Waals surface area contributed by atoms with E-state index in [1.807, 2.05) is 0 Å². The molecule has 0 saturated heterocycles. The normalized spacial score (nSPS) is 10.8. The predicted molar refractivity (Wildman–Crippen MR) is 55.1 cm³/mol. The third kappa shape index (κ3) is 1.63. The molecule has 0 saturated carbocycles. The van der Waals surface area contributed by atoms with Crippen LogP contribution in [0.1, 0.15) is 0 Å². The van der Waals surface area contributed by atoms with E-state index in [0.717, 1.165) is 12.1 Å². The summed E-state index contributed by atoms with van der Waals surface area (Å²) in [6.07, 6.45) is 0.